The highest BCUT2D eigenvalue weighted by Crippen LogP contribution is 2.40. The van der Waals surface area contributed by atoms with Crippen LogP contribution in [0.15, 0.2) is 42.6 Å². The number of carbonyl (C=O) groups excluding carboxylic acids is 1. The highest BCUT2D eigenvalue weighted by atomic mass is 32.2. The number of sulfonamides is 1. The van der Waals surface area contributed by atoms with E-state index in [4.69, 9.17) is 4.74 Å². The summed E-state index contributed by atoms with van der Waals surface area (Å²) in [7, 11) is 3.14. The van der Waals surface area contributed by atoms with Gasteiger partial charge in [0.05, 0.1) is 36.7 Å². The number of carbonyl (C=O) groups is 1. The van der Waals surface area contributed by atoms with Crippen LogP contribution in [0.4, 0.5) is 26.2 Å². The van der Waals surface area contributed by atoms with Gasteiger partial charge in [-0.3, -0.25) is 4.79 Å². The van der Waals surface area contributed by atoms with E-state index in [0.717, 1.165) is 30.5 Å². The first-order chi connectivity index (χ1) is 20.6. The summed E-state index contributed by atoms with van der Waals surface area (Å²) in [6, 6.07) is 9.46. The number of benzene rings is 2. The van der Waals surface area contributed by atoms with Gasteiger partial charge in [0.2, 0.25) is 16.0 Å². The maximum Gasteiger partial charge on any atom is 0.275 e. The van der Waals surface area contributed by atoms with Crippen LogP contribution in [-0.2, 0) is 22.4 Å². The molecule has 0 radical (unpaired) electrons. The maximum atomic E-state index is 14.8. The van der Waals surface area contributed by atoms with Gasteiger partial charge >= 0.3 is 0 Å². The maximum absolute atomic E-state index is 14.8. The Bertz CT molecular complexity index is 1630. The fraction of sp³-hybridized carbons (Fsp3) is 0.433. The third-order valence-electron chi connectivity index (χ3n) is 7.58. The molecule has 3 aromatic rings. The Morgan fingerprint density at radius 2 is 1.89 bits per heavy atom. The van der Waals surface area contributed by atoms with E-state index >= 15 is 0 Å². The minimum atomic E-state index is -3.62. The molecule has 238 valence electrons. The summed E-state index contributed by atoms with van der Waals surface area (Å²) in [5.74, 6) is -3.34. The average Bonchev–Trinajstić information content (AvgIpc) is 3.29. The molecule has 2 unspecified atom stereocenters. The van der Waals surface area contributed by atoms with Crippen LogP contribution in [0.3, 0.4) is 0 Å². The van der Waals surface area contributed by atoms with Crippen molar-refractivity contribution in [2.24, 2.45) is 0 Å². The van der Waals surface area contributed by atoms with E-state index in [2.05, 4.69) is 25.9 Å². The number of hydrogen-bond acceptors (Lipinski definition) is 9. The van der Waals surface area contributed by atoms with Gasteiger partial charge in [-0.15, -0.1) is 0 Å². The monoisotopic (exact) mass is 631 g/mol. The smallest absolute Gasteiger partial charge is 0.275 e. The van der Waals surface area contributed by atoms with Crippen molar-refractivity contribution < 1.29 is 26.7 Å². The van der Waals surface area contributed by atoms with Crippen molar-refractivity contribution in [2.75, 3.05) is 58.2 Å². The van der Waals surface area contributed by atoms with Crippen LogP contribution in [-0.4, -0.2) is 87.1 Å². The van der Waals surface area contributed by atoms with E-state index in [9.17, 15) is 22.0 Å². The summed E-state index contributed by atoms with van der Waals surface area (Å²) in [5, 5.41) is 9.03. The summed E-state index contributed by atoms with van der Waals surface area (Å²) < 4.78 is 61.4. The van der Waals surface area contributed by atoms with Crippen molar-refractivity contribution in [3.05, 3.63) is 70.4 Å². The van der Waals surface area contributed by atoms with Gasteiger partial charge in [-0.25, -0.2) is 22.2 Å². The first-order valence-electron chi connectivity index (χ1n) is 14.0. The van der Waals surface area contributed by atoms with Crippen LogP contribution < -0.4 is 20.7 Å². The number of anilines is 3. The van der Waals surface area contributed by atoms with Crippen LogP contribution in [0.5, 0.6) is 5.75 Å². The lowest BCUT2D eigenvalue weighted by atomic mass is 10.1. The number of alkyl halides is 2. The van der Waals surface area contributed by atoms with E-state index in [1.807, 2.05) is 43.3 Å². The van der Waals surface area contributed by atoms with Gasteiger partial charge in [-0.05, 0) is 56.3 Å². The molecule has 2 atom stereocenters. The van der Waals surface area contributed by atoms with Gasteiger partial charge in [0.1, 0.15) is 11.6 Å². The van der Waals surface area contributed by atoms with Crippen molar-refractivity contribution in [1.82, 2.24) is 24.5 Å². The van der Waals surface area contributed by atoms with Gasteiger partial charge in [0.15, 0.2) is 0 Å². The molecule has 14 heteroatoms. The molecule has 1 heterocycles. The Hall–Kier alpha value is -3.88. The van der Waals surface area contributed by atoms with Crippen LogP contribution in [0.2, 0.25) is 0 Å². The van der Waals surface area contributed by atoms with Gasteiger partial charge in [-0.2, -0.15) is 9.29 Å². The van der Waals surface area contributed by atoms with Crippen molar-refractivity contribution in [1.29, 1.82) is 0 Å². The lowest BCUT2D eigenvalue weighted by molar-refractivity contribution is 0.0175. The summed E-state index contributed by atoms with van der Waals surface area (Å²) in [6.45, 7) is 3.68. The first-order valence-corrected chi connectivity index (χ1v) is 15.9. The number of amides is 1. The molecule has 0 aliphatic heterocycles. The molecule has 0 bridgehead atoms. The summed E-state index contributed by atoms with van der Waals surface area (Å²) in [4.78, 5) is 23.3. The van der Waals surface area contributed by atoms with Gasteiger partial charge in [0, 0.05) is 38.8 Å². The molecule has 0 fully saturated rings. The fourth-order valence-corrected chi connectivity index (χ4v) is 5.89. The Morgan fingerprint density at radius 3 is 2.52 bits per heavy atom. The molecular formula is C30H39F2N7O4S. The van der Waals surface area contributed by atoms with E-state index in [0.29, 0.717) is 42.1 Å². The van der Waals surface area contributed by atoms with Gasteiger partial charge in [0.25, 0.3) is 11.8 Å². The van der Waals surface area contributed by atoms with Crippen molar-refractivity contribution in [3.63, 3.8) is 0 Å². The highest BCUT2D eigenvalue weighted by Gasteiger charge is 2.40. The lowest BCUT2D eigenvalue weighted by Gasteiger charge is -2.30. The number of likely N-dealkylation sites (N-methyl/N-ethyl adjacent to an activating group) is 2. The minimum absolute atomic E-state index is 0.00455. The van der Waals surface area contributed by atoms with Gasteiger partial charge in [-0.1, -0.05) is 24.3 Å². The molecular weight excluding hydrogens is 592 g/mol. The molecule has 0 spiro atoms. The zero-order chi connectivity index (χ0) is 32.4. The Balaban J connectivity index is 1.66. The molecule has 4 rings (SSSR count). The number of halogens is 2. The third-order valence-corrected chi connectivity index (χ3v) is 8.85. The number of ether oxygens (including phenoxy) is 1. The number of fused-ring (bicyclic) bond motifs is 1. The second-order valence-corrected chi connectivity index (χ2v) is 13.3. The molecule has 0 saturated carbocycles. The second kappa shape index (κ2) is 13.0. The molecule has 3 N–H and O–H groups in total. The molecule has 44 heavy (non-hydrogen) atoms. The zero-order valence-electron chi connectivity index (χ0n) is 25.9. The summed E-state index contributed by atoms with van der Waals surface area (Å²) in [5.41, 5.74) is 2.78. The van der Waals surface area contributed by atoms with E-state index in [1.54, 1.807) is 19.1 Å². The minimum Gasteiger partial charge on any atom is -0.495 e. The molecule has 1 amide bonds. The molecule has 11 nitrogen and oxygen atoms in total. The first kappa shape index (κ1) is 33.0. The van der Waals surface area contributed by atoms with Crippen LogP contribution >= 0.6 is 0 Å². The second-order valence-electron chi connectivity index (χ2n) is 11.3. The van der Waals surface area contributed by atoms with Crippen molar-refractivity contribution >= 4 is 33.4 Å². The predicted octanol–water partition coefficient (Wildman–Crippen LogP) is 3.91. The van der Waals surface area contributed by atoms with Crippen LogP contribution in [0.1, 0.15) is 45.6 Å². The quantitative estimate of drug-likeness (QED) is 0.273. The number of nitrogens with zero attached hydrogens (tertiary/aromatic N) is 4. The number of hydrogen-bond donors (Lipinski definition) is 3. The zero-order valence-corrected chi connectivity index (χ0v) is 26.7. The largest absolute Gasteiger partial charge is 0.495 e. The SMILES string of the molecule is COc1cc(C(=O)NCCN(C)C)c(C)cc1Nc1ncc(C(C)(F)F)c(NC2Cc3ccccc3C2N(C)S(C)(=O)=O)n1. The third kappa shape index (κ3) is 7.42. The Morgan fingerprint density at radius 1 is 1.18 bits per heavy atom. The van der Waals surface area contributed by atoms with E-state index in [-0.39, 0.29) is 17.7 Å². The predicted molar refractivity (Wildman–Crippen MR) is 166 cm³/mol. The highest BCUT2D eigenvalue weighted by molar-refractivity contribution is 7.88. The molecule has 2 aromatic carbocycles. The number of rotatable bonds is 12. The molecule has 1 aliphatic rings. The summed E-state index contributed by atoms with van der Waals surface area (Å²) in [6.07, 6.45) is 2.55. The number of methoxy groups -OCH3 is 1. The Kier molecular flexibility index (Phi) is 9.76. The topological polar surface area (TPSA) is 129 Å². The molecule has 1 aliphatic carbocycles. The number of aromatic nitrogens is 2. The van der Waals surface area contributed by atoms with Gasteiger partial charge < -0.3 is 25.6 Å². The average molecular weight is 632 g/mol. The number of aryl methyl sites for hydroxylation is 1. The molecule has 1 aromatic heterocycles. The number of nitrogens with one attached hydrogen (secondary N) is 3. The molecule has 0 saturated heterocycles. The van der Waals surface area contributed by atoms with E-state index < -0.39 is 33.6 Å². The normalized spacial score (nSPS) is 16.6. The fourth-order valence-electron chi connectivity index (χ4n) is 5.22. The van der Waals surface area contributed by atoms with E-state index in [1.165, 1.54) is 18.5 Å². The van der Waals surface area contributed by atoms with Crippen LogP contribution in [0.25, 0.3) is 0 Å². The van der Waals surface area contributed by atoms with Crippen LogP contribution in [0, 0.1) is 6.92 Å². The standard InChI is InChI=1S/C30H39F2N7O4S/c1-18-14-23(25(43-6)16-21(18)28(40)33-12-13-38(3)4)36-29-34-17-22(30(2,31)32)27(37-29)35-24-15-19-10-8-9-11-20(19)26(24)39(5)44(7,41)42/h8-11,14,16-17,24,26H,12-13,15H2,1-7H3,(H,33,40)(H2,34,35,36,37). The summed E-state index contributed by atoms with van der Waals surface area (Å²) >= 11 is 0. The van der Waals surface area contributed by atoms with Crippen molar-refractivity contribution in [3.8, 4) is 5.75 Å². The lowest BCUT2D eigenvalue weighted by Crippen LogP contribution is -2.39. The van der Waals surface area contributed by atoms with Crippen molar-refractivity contribution in [2.45, 2.75) is 38.3 Å². The Labute approximate surface area is 257 Å².